The molecule has 0 radical (unpaired) electrons. The van der Waals surface area contributed by atoms with Crippen molar-refractivity contribution < 1.29 is 14.4 Å². The number of nitrogens with two attached hydrogens (primary N) is 6. The molecule has 0 saturated heterocycles. The van der Waals surface area contributed by atoms with Crippen molar-refractivity contribution in [2.75, 3.05) is 49.9 Å². The monoisotopic (exact) mass is 634 g/mol. The van der Waals surface area contributed by atoms with Gasteiger partial charge < -0.3 is 50.4 Å². The maximum absolute atomic E-state index is 14.1. The molecule has 0 spiro atoms. The zero-order valence-corrected chi connectivity index (χ0v) is 25.5. The van der Waals surface area contributed by atoms with Gasteiger partial charge in [0.1, 0.15) is 0 Å². The molecule has 45 heavy (non-hydrogen) atoms. The van der Waals surface area contributed by atoms with E-state index in [4.69, 9.17) is 34.4 Å². The van der Waals surface area contributed by atoms with Gasteiger partial charge in [0.05, 0.1) is 32.1 Å². The largest absolute Gasteiger partial charge is 0.384 e. The second kappa shape index (κ2) is 14.9. The number of anilines is 2. The summed E-state index contributed by atoms with van der Waals surface area (Å²) in [6, 6.07) is 8.46. The first-order chi connectivity index (χ1) is 21.6. The summed E-state index contributed by atoms with van der Waals surface area (Å²) in [7, 11) is 0. The molecule has 15 nitrogen and oxygen atoms in total. The number of fused-ring (bicyclic) bond motifs is 3. The summed E-state index contributed by atoms with van der Waals surface area (Å²) in [5, 5.41) is 10.2. The number of aliphatic imine (C=N–C) groups is 3. The van der Waals surface area contributed by atoms with Crippen molar-refractivity contribution in [3.63, 3.8) is 0 Å². The van der Waals surface area contributed by atoms with Crippen LogP contribution in [-0.2, 0) is 0 Å². The van der Waals surface area contributed by atoms with Crippen LogP contribution < -0.4 is 50.4 Å². The van der Waals surface area contributed by atoms with Crippen LogP contribution in [0.5, 0.6) is 0 Å². The second-order valence-corrected chi connectivity index (χ2v) is 11.2. The number of carbonyl (C=O) groups excluding carboxylic acids is 3. The minimum Gasteiger partial charge on any atom is -0.384 e. The van der Waals surface area contributed by atoms with Crippen molar-refractivity contribution in [1.82, 2.24) is 5.32 Å². The number of nitrogens with zero attached hydrogens (tertiary/aromatic N) is 3. The molecule has 0 saturated carbocycles. The van der Waals surface area contributed by atoms with Crippen molar-refractivity contribution >= 4 is 68.2 Å². The lowest BCUT2D eigenvalue weighted by Crippen LogP contribution is -2.25. The minimum atomic E-state index is -0.308. The molecule has 238 valence electrons. The van der Waals surface area contributed by atoms with Crippen LogP contribution in [0.2, 0.25) is 0 Å². The van der Waals surface area contributed by atoms with E-state index in [9.17, 15) is 14.4 Å². The molecule has 1 aliphatic carbocycles. The number of rotatable bonds is 15. The average Bonchev–Trinajstić information content (AvgIpc) is 3.45. The Balaban J connectivity index is 1.80. The molecular formula is C29H38N12O3S. The van der Waals surface area contributed by atoms with Gasteiger partial charge in [0.2, 0.25) is 0 Å². The molecule has 0 atom stereocenters. The molecule has 1 aromatic heterocycles. The summed E-state index contributed by atoms with van der Waals surface area (Å²) >= 11 is 1.22. The van der Waals surface area contributed by atoms with E-state index in [2.05, 4.69) is 30.9 Å². The smallest absolute Gasteiger partial charge is 0.261 e. The molecular weight excluding hydrogens is 596 g/mol. The normalized spacial score (nSPS) is 11.7. The summed E-state index contributed by atoms with van der Waals surface area (Å²) < 4.78 is 0.647. The molecule has 1 amide bonds. The lowest BCUT2D eigenvalue weighted by Gasteiger charge is -2.25. The Hall–Kier alpha value is -5.38. The van der Waals surface area contributed by atoms with Crippen molar-refractivity contribution in [3.8, 4) is 0 Å². The van der Waals surface area contributed by atoms with Crippen molar-refractivity contribution in [2.45, 2.75) is 19.3 Å². The van der Waals surface area contributed by atoms with Gasteiger partial charge in [-0.2, -0.15) is 0 Å². The Labute approximate surface area is 263 Å². The highest BCUT2D eigenvalue weighted by Crippen LogP contribution is 2.46. The third-order valence-electron chi connectivity index (χ3n) is 6.85. The van der Waals surface area contributed by atoms with Gasteiger partial charge in [-0.1, -0.05) is 24.3 Å². The second-order valence-electron chi connectivity index (χ2n) is 10.1. The number of carbonyl (C=O) groups is 3. The Morgan fingerprint density at radius 2 is 1.16 bits per heavy atom. The van der Waals surface area contributed by atoms with Crippen LogP contribution in [0, 0.1) is 0 Å². The maximum atomic E-state index is 14.1. The van der Waals surface area contributed by atoms with Crippen molar-refractivity contribution in [2.24, 2.45) is 49.4 Å². The van der Waals surface area contributed by atoms with E-state index in [0.717, 1.165) is 0 Å². The van der Waals surface area contributed by atoms with E-state index in [1.807, 2.05) is 0 Å². The summed E-state index contributed by atoms with van der Waals surface area (Å²) in [5.41, 5.74) is 34.6. The van der Waals surface area contributed by atoms with Gasteiger partial charge in [0.25, 0.3) is 5.91 Å². The van der Waals surface area contributed by atoms with Crippen LogP contribution in [0.15, 0.2) is 45.3 Å². The maximum Gasteiger partial charge on any atom is 0.261 e. The average molecular weight is 635 g/mol. The Kier molecular flexibility index (Phi) is 10.8. The molecule has 0 bridgehead atoms. The highest BCUT2D eigenvalue weighted by atomic mass is 32.1. The molecule has 0 fully saturated rings. The number of amides is 1. The summed E-state index contributed by atoms with van der Waals surface area (Å²) in [5.74, 6) is -0.954. The van der Waals surface area contributed by atoms with Crippen LogP contribution >= 0.6 is 11.3 Å². The van der Waals surface area contributed by atoms with Crippen LogP contribution in [0.1, 0.15) is 60.8 Å². The number of benzene rings is 2. The summed E-state index contributed by atoms with van der Waals surface area (Å²) in [6.45, 7) is 2.24. The molecule has 1 aliphatic rings. The number of hydrogen-bond acceptors (Lipinski definition) is 9. The minimum absolute atomic E-state index is 0.0160. The fraction of sp³-hybridized carbons (Fsp3) is 0.310. The predicted molar refractivity (Wildman–Crippen MR) is 180 cm³/mol. The molecule has 16 heteroatoms. The lowest BCUT2D eigenvalue weighted by atomic mass is 9.81. The Morgan fingerprint density at radius 1 is 0.689 bits per heavy atom. The Morgan fingerprint density at radius 3 is 1.67 bits per heavy atom. The first-order valence-corrected chi connectivity index (χ1v) is 15.2. The molecule has 4 rings (SSSR count). The lowest BCUT2D eigenvalue weighted by molar-refractivity contribution is 0.0956. The van der Waals surface area contributed by atoms with Gasteiger partial charge in [-0.3, -0.25) is 29.4 Å². The number of hydrogen-bond donors (Lipinski definition) is 9. The fourth-order valence-corrected chi connectivity index (χ4v) is 6.01. The molecule has 0 unspecified atom stereocenters. The number of ketones is 2. The third kappa shape index (κ3) is 7.77. The predicted octanol–water partition coefficient (Wildman–Crippen LogP) is 0.221. The SMILES string of the molecule is NC(N)=NCCCNC(=O)c1cc2c(NCCCN=C(N)N)c3c(c(NCCCN=C(N)N)c2s1)C(=O)c1ccccc1C3=O. The van der Waals surface area contributed by atoms with Crippen LogP contribution in [0.25, 0.3) is 10.1 Å². The van der Waals surface area contributed by atoms with Crippen molar-refractivity contribution in [3.05, 3.63) is 57.5 Å². The van der Waals surface area contributed by atoms with Gasteiger partial charge in [0, 0.05) is 55.8 Å². The molecule has 3 aromatic rings. The number of thiophene rings is 1. The number of guanidine groups is 3. The molecule has 1 heterocycles. The van der Waals surface area contributed by atoms with Gasteiger partial charge in [-0.05, 0) is 25.3 Å². The highest BCUT2D eigenvalue weighted by Gasteiger charge is 2.36. The van der Waals surface area contributed by atoms with E-state index in [1.165, 1.54) is 11.3 Å². The van der Waals surface area contributed by atoms with E-state index in [1.54, 1.807) is 30.3 Å². The van der Waals surface area contributed by atoms with Gasteiger partial charge in [-0.15, -0.1) is 11.3 Å². The quantitative estimate of drug-likeness (QED) is 0.0369. The van der Waals surface area contributed by atoms with Crippen LogP contribution in [-0.4, -0.2) is 74.6 Å². The highest BCUT2D eigenvalue weighted by molar-refractivity contribution is 7.21. The van der Waals surface area contributed by atoms with E-state index >= 15 is 0 Å². The van der Waals surface area contributed by atoms with Gasteiger partial charge in [-0.25, -0.2) is 0 Å². The Bertz CT molecular complexity index is 1580. The first kappa shape index (κ1) is 32.5. The van der Waals surface area contributed by atoms with Crippen LogP contribution in [0.3, 0.4) is 0 Å². The zero-order chi connectivity index (χ0) is 32.5. The van der Waals surface area contributed by atoms with Crippen LogP contribution in [0.4, 0.5) is 11.4 Å². The first-order valence-electron chi connectivity index (χ1n) is 14.3. The molecule has 15 N–H and O–H groups in total. The van der Waals surface area contributed by atoms with Crippen molar-refractivity contribution in [1.29, 1.82) is 0 Å². The fourth-order valence-electron chi connectivity index (χ4n) is 4.90. The topological polar surface area (TPSA) is 280 Å². The number of nitrogens with one attached hydrogen (secondary N) is 3. The zero-order valence-electron chi connectivity index (χ0n) is 24.7. The van der Waals surface area contributed by atoms with E-state index in [0.29, 0.717) is 96.0 Å². The summed E-state index contributed by atoms with van der Waals surface area (Å²) in [4.78, 5) is 53.8. The van der Waals surface area contributed by atoms with Gasteiger partial charge >= 0.3 is 0 Å². The van der Waals surface area contributed by atoms with E-state index < -0.39 is 0 Å². The third-order valence-corrected chi connectivity index (χ3v) is 8.00. The molecule has 2 aromatic carbocycles. The van der Waals surface area contributed by atoms with Gasteiger partial charge in [0.15, 0.2) is 29.4 Å². The summed E-state index contributed by atoms with van der Waals surface area (Å²) in [6.07, 6.45) is 1.63. The molecule has 0 aliphatic heterocycles. The van der Waals surface area contributed by atoms with E-state index in [-0.39, 0.29) is 46.5 Å². The standard InChI is InChI=1S/C29H38N12O3S/c30-27(31)39-11-3-8-36-21-17-14-18(26(44)38-10-5-13-41-29(34)35)45-25(17)22(37-9-4-12-40-28(32)33)20-19(21)23(42)15-6-1-2-7-16(15)24(20)43/h1-2,6-7,14,36-37H,3-5,8-13H2,(H,38,44)(H4,30,31,39)(H4,32,33,40)(H4,34,35,41).